The van der Waals surface area contributed by atoms with Crippen molar-refractivity contribution < 1.29 is 4.42 Å². The predicted molar refractivity (Wildman–Crippen MR) is 64.3 cm³/mol. The number of nitrogens with one attached hydrogen (secondary N) is 1. The molecule has 0 aliphatic rings. The first kappa shape index (κ1) is 11.3. The van der Waals surface area contributed by atoms with Crippen LogP contribution in [0, 0.1) is 6.92 Å². The van der Waals surface area contributed by atoms with Gasteiger partial charge in [-0.05, 0) is 19.1 Å². The molecule has 2 aromatic rings. The fourth-order valence-corrected chi connectivity index (χ4v) is 2.05. The molecule has 0 unspecified atom stereocenters. The third-order valence-electron chi connectivity index (χ3n) is 2.08. The minimum absolute atomic E-state index is 0.416. The summed E-state index contributed by atoms with van der Waals surface area (Å²) in [6.07, 6.45) is 0. The Morgan fingerprint density at radius 3 is 2.81 bits per heavy atom. The Labute approximate surface area is 98.7 Å². The quantitative estimate of drug-likeness (QED) is 0.888. The van der Waals surface area contributed by atoms with E-state index in [2.05, 4.69) is 42.4 Å². The summed E-state index contributed by atoms with van der Waals surface area (Å²) in [4.78, 5) is 2.27. The van der Waals surface area contributed by atoms with E-state index in [-0.39, 0.29) is 0 Å². The van der Waals surface area contributed by atoms with Crippen LogP contribution in [0.2, 0.25) is 0 Å². The summed E-state index contributed by atoms with van der Waals surface area (Å²) in [5.74, 6) is 1.24. The molecular weight excluding hydrogens is 222 g/mol. The fourth-order valence-electron chi connectivity index (χ4n) is 1.27. The highest BCUT2D eigenvalue weighted by Gasteiger charge is 2.10. The van der Waals surface area contributed by atoms with Gasteiger partial charge in [0, 0.05) is 10.9 Å². The van der Waals surface area contributed by atoms with Gasteiger partial charge in [-0.2, -0.15) is 0 Å². The van der Waals surface area contributed by atoms with E-state index in [1.54, 1.807) is 11.3 Å². The lowest BCUT2D eigenvalue weighted by atomic mass is 10.4. The summed E-state index contributed by atoms with van der Waals surface area (Å²) in [6, 6.07) is 4.47. The van der Waals surface area contributed by atoms with Crippen molar-refractivity contribution in [3.8, 4) is 10.8 Å². The molecule has 0 aliphatic carbocycles. The first-order valence-electron chi connectivity index (χ1n) is 5.27. The standard InChI is InChI=1S/C11H15N3OS/c1-7(2)12-6-10-13-14-11(15-10)9-5-4-8(3)16-9/h4-5,7,12H,6H2,1-3H3. The van der Waals surface area contributed by atoms with E-state index in [0.717, 1.165) is 4.88 Å². The molecule has 0 saturated carbocycles. The molecule has 2 rings (SSSR count). The minimum Gasteiger partial charge on any atom is -0.419 e. The highest BCUT2D eigenvalue weighted by Crippen LogP contribution is 2.26. The van der Waals surface area contributed by atoms with E-state index in [0.29, 0.717) is 24.4 Å². The summed E-state index contributed by atoms with van der Waals surface area (Å²) in [7, 11) is 0. The monoisotopic (exact) mass is 237 g/mol. The lowest BCUT2D eigenvalue weighted by Gasteiger charge is -2.03. The number of hydrogen-bond donors (Lipinski definition) is 1. The zero-order valence-electron chi connectivity index (χ0n) is 9.65. The van der Waals surface area contributed by atoms with Crippen LogP contribution < -0.4 is 5.32 Å². The van der Waals surface area contributed by atoms with Crippen LogP contribution in [0.15, 0.2) is 16.5 Å². The largest absolute Gasteiger partial charge is 0.419 e. The van der Waals surface area contributed by atoms with Crippen LogP contribution in [0.1, 0.15) is 24.6 Å². The third kappa shape index (κ3) is 2.68. The molecule has 0 bridgehead atoms. The van der Waals surface area contributed by atoms with E-state index in [9.17, 15) is 0 Å². The number of thiophene rings is 1. The van der Waals surface area contributed by atoms with Crippen molar-refractivity contribution in [2.24, 2.45) is 0 Å². The van der Waals surface area contributed by atoms with Gasteiger partial charge in [-0.15, -0.1) is 21.5 Å². The van der Waals surface area contributed by atoms with Crippen molar-refractivity contribution >= 4 is 11.3 Å². The second kappa shape index (κ2) is 4.76. The Balaban J connectivity index is 2.07. The van der Waals surface area contributed by atoms with Crippen molar-refractivity contribution in [1.29, 1.82) is 0 Å². The molecule has 1 N–H and O–H groups in total. The second-order valence-electron chi connectivity index (χ2n) is 3.95. The molecule has 0 spiro atoms. The fraction of sp³-hybridized carbons (Fsp3) is 0.455. The molecule has 0 saturated heterocycles. The molecule has 0 aromatic carbocycles. The Morgan fingerprint density at radius 1 is 1.38 bits per heavy atom. The van der Waals surface area contributed by atoms with E-state index in [1.165, 1.54) is 4.88 Å². The molecule has 16 heavy (non-hydrogen) atoms. The van der Waals surface area contributed by atoms with Gasteiger partial charge >= 0.3 is 0 Å². The number of rotatable bonds is 4. The lowest BCUT2D eigenvalue weighted by molar-refractivity contribution is 0.459. The number of nitrogens with zero attached hydrogens (tertiary/aromatic N) is 2. The zero-order valence-corrected chi connectivity index (χ0v) is 10.5. The SMILES string of the molecule is Cc1ccc(-c2nnc(CNC(C)C)o2)s1. The van der Waals surface area contributed by atoms with Gasteiger partial charge in [0.1, 0.15) is 0 Å². The van der Waals surface area contributed by atoms with Crippen LogP contribution in [0.3, 0.4) is 0 Å². The van der Waals surface area contributed by atoms with Gasteiger partial charge in [-0.25, -0.2) is 0 Å². The van der Waals surface area contributed by atoms with Crippen molar-refractivity contribution in [3.63, 3.8) is 0 Å². The molecule has 0 amide bonds. The van der Waals surface area contributed by atoms with Gasteiger partial charge in [0.15, 0.2) is 0 Å². The Kier molecular flexibility index (Phi) is 3.36. The topological polar surface area (TPSA) is 51.0 Å². The summed E-state index contributed by atoms with van der Waals surface area (Å²) >= 11 is 1.66. The molecule has 2 heterocycles. The molecule has 0 aliphatic heterocycles. The highest BCUT2D eigenvalue weighted by molar-refractivity contribution is 7.15. The average Bonchev–Trinajstić information content (AvgIpc) is 2.83. The van der Waals surface area contributed by atoms with Crippen molar-refractivity contribution in [1.82, 2.24) is 15.5 Å². The number of aryl methyl sites for hydroxylation is 1. The normalized spacial score (nSPS) is 11.2. The maximum atomic E-state index is 5.56. The number of aromatic nitrogens is 2. The zero-order chi connectivity index (χ0) is 11.5. The van der Waals surface area contributed by atoms with Crippen LogP contribution >= 0.6 is 11.3 Å². The van der Waals surface area contributed by atoms with Crippen LogP contribution in [0.25, 0.3) is 10.8 Å². The van der Waals surface area contributed by atoms with Gasteiger partial charge in [0.2, 0.25) is 5.89 Å². The molecule has 0 fully saturated rings. The van der Waals surface area contributed by atoms with Crippen molar-refractivity contribution in [2.75, 3.05) is 0 Å². The average molecular weight is 237 g/mol. The molecular formula is C11H15N3OS. The molecule has 86 valence electrons. The summed E-state index contributed by atoms with van der Waals surface area (Å²) in [5, 5.41) is 11.3. The van der Waals surface area contributed by atoms with Crippen molar-refractivity contribution in [3.05, 3.63) is 22.9 Å². The molecule has 4 nitrogen and oxygen atoms in total. The van der Waals surface area contributed by atoms with Gasteiger partial charge < -0.3 is 9.73 Å². The number of hydrogen-bond acceptors (Lipinski definition) is 5. The summed E-state index contributed by atoms with van der Waals surface area (Å²) < 4.78 is 5.56. The maximum Gasteiger partial charge on any atom is 0.257 e. The van der Waals surface area contributed by atoms with Gasteiger partial charge in [0.25, 0.3) is 5.89 Å². The summed E-state index contributed by atoms with van der Waals surface area (Å²) in [6.45, 7) is 6.85. The Hall–Kier alpha value is -1.20. The van der Waals surface area contributed by atoms with E-state index >= 15 is 0 Å². The van der Waals surface area contributed by atoms with E-state index in [4.69, 9.17) is 4.42 Å². The van der Waals surface area contributed by atoms with Crippen LogP contribution in [-0.4, -0.2) is 16.2 Å². The smallest absolute Gasteiger partial charge is 0.257 e. The Bertz CT molecular complexity index is 461. The minimum atomic E-state index is 0.416. The maximum absolute atomic E-state index is 5.56. The molecule has 0 radical (unpaired) electrons. The molecule has 5 heteroatoms. The molecule has 2 aromatic heterocycles. The third-order valence-corrected chi connectivity index (χ3v) is 3.07. The van der Waals surface area contributed by atoms with Crippen LogP contribution in [0.5, 0.6) is 0 Å². The highest BCUT2D eigenvalue weighted by atomic mass is 32.1. The van der Waals surface area contributed by atoms with E-state index < -0.39 is 0 Å². The predicted octanol–water partition coefficient (Wildman–Crippen LogP) is 2.60. The Morgan fingerprint density at radius 2 is 2.19 bits per heavy atom. The molecule has 0 atom stereocenters. The van der Waals surface area contributed by atoms with E-state index in [1.807, 2.05) is 6.07 Å². The van der Waals surface area contributed by atoms with Crippen molar-refractivity contribution in [2.45, 2.75) is 33.4 Å². The lowest BCUT2D eigenvalue weighted by Crippen LogP contribution is -2.21. The first-order chi connectivity index (χ1) is 7.65. The van der Waals surface area contributed by atoms with Crippen LogP contribution in [-0.2, 0) is 6.54 Å². The first-order valence-corrected chi connectivity index (χ1v) is 6.09. The van der Waals surface area contributed by atoms with Gasteiger partial charge in [-0.1, -0.05) is 13.8 Å². The summed E-state index contributed by atoms with van der Waals surface area (Å²) in [5.41, 5.74) is 0. The van der Waals surface area contributed by atoms with Gasteiger partial charge in [0.05, 0.1) is 11.4 Å². The van der Waals surface area contributed by atoms with Crippen LogP contribution in [0.4, 0.5) is 0 Å². The second-order valence-corrected chi connectivity index (χ2v) is 5.23. The van der Waals surface area contributed by atoms with Gasteiger partial charge in [-0.3, -0.25) is 0 Å².